The minimum atomic E-state index is 0. The van der Waals surface area contributed by atoms with Crippen molar-refractivity contribution >= 4 is 44.3 Å². The average Bonchev–Trinajstić information content (AvgIpc) is 3.06. The number of benzene rings is 2. The normalized spacial score (nSPS) is 11.6. The van der Waals surface area contributed by atoms with Gasteiger partial charge in [0.05, 0.1) is 0 Å². The van der Waals surface area contributed by atoms with Crippen LogP contribution in [0.25, 0.3) is 6.08 Å². The zero-order valence-electron chi connectivity index (χ0n) is 18.6. The fraction of sp³-hybridized carbons (Fsp3) is 0.519. The topological polar surface area (TPSA) is 0 Å². The Morgan fingerprint density at radius 2 is 1.31 bits per heavy atom. The maximum absolute atomic E-state index is 2.48. The molecule has 0 aromatic heterocycles. The summed E-state index contributed by atoms with van der Waals surface area (Å²) >= 11 is 1.99. The monoisotopic (exact) mass is 464 g/mol. The van der Waals surface area contributed by atoms with Crippen LogP contribution in [0.15, 0.2) is 30.3 Å². The molecule has 0 unspecified atom stereocenters. The molecule has 0 saturated heterocycles. The van der Waals surface area contributed by atoms with E-state index in [0.717, 1.165) is 0 Å². The van der Waals surface area contributed by atoms with Gasteiger partial charge in [-0.2, -0.15) is 0 Å². The number of rotatable bonds is 12. The van der Waals surface area contributed by atoms with E-state index < -0.39 is 0 Å². The fourth-order valence-corrected chi connectivity index (χ4v) is 4.93. The Labute approximate surface area is 200 Å². The number of fused-ring (bicyclic) bond motifs is 2. The van der Waals surface area contributed by atoms with Crippen LogP contribution >= 0.6 is 17.0 Å². The van der Waals surface area contributed by atoms with Gasteiger partial charge in [-0.15, -0.1) is 17.0 Å². The number of unbranched alkanes of at least 4 members (excludes halogenated alkanes) is 8. The first kappa shape index (κ1) is 24.8. The molecule has 1 aliphatic rings. The van der Waals surface area contributed by atoms with Gasteiger partial charge in [-0.05, 0) is 0 Å². The second-order valence-electron chi connectivity index (χ2n) is 8.56. The molecule has 0 N–H and O–H groups in total. The van der Waals surface area contributed by atoms with E-state index in [-0.39, 0.29) is 17.0 Å². The molecule has 0 saturated carbocycles. The molecular weight excluding hydrogens is 429 g/mol. The van der Waals surface area contributed by atoms with E-state index in [1.54, 1.807) is 11.1 Å². The summed E-state index contributed by atoms with van der Waals surface area (Å²) in [5, 5.41) is 4.44. The molecule has 0 heterocycles. The zero-order valence-corrected chi connectivity index (χ0v) is 21.7. The van der Waals surface area contributed by atoms with Crippen molar-refractivity contribution in [1.29, 1.82) is 0 Å². The van der Waals surface area contributed by atoms with Crippen molar-refractivity contribution in [3.63, 3.8) is 0 Å². The molecular formula is C27H37BrMg. The standard InChI is InChI=1S/C27H36.BrH.Mg/c1-3-5-7-9-11-15-22-19-20-26-25-18-14-13-16-23(25)21-27(26)24(22)17-12-10-8-6-4-2;;/h14,16,18-21H,3-12,15,17H2,1-2H3;1H;. The van der Waals surface area contributed by atoms with Crippen molar-refractivity contribution in [1.82, 2.24) is 0 Å². The Morgan fingerprint density at radius 1 is 0.690 bits per heavy atom. The second kappa shape index (κ2) is 13.1. The molecule has 0 fully saturated rings. The third kappa shape index (κ3) is 6.77. The molecule has 3 rings (SSSR count). The maximum atomic E-state index is 2.48. The first-order valence-electron chi connectivity index (χ1n) is 11.7. The summed E-state index contributed by atoms with van der Waals surface area (Å²) in [5.74, 6) is 0. The van der Waals surface area contributed by atoms with Gasteiger partial charge in [0.15, 0.2) is 0 Å². The SMILES string of the molecule is Br.CCCCCCCc1ccc2c(c1CCCCCCC)=Cc1c[c](=[Mg])ccc1=2. The van der Waals surface area contributed by atoms with E-state index in [2.05, 4.69) is 50.3 Å². The van der Waals surface area contributed by atoms with E-state index in [1.165, 1.54) is 102 Å². The van der Waals surface area contributed by atoms with Crippen LogP contribution in [0.5, 0.6) is 0 Å². The Hall–Kier alpha value is -0.444. The van der Waals surface area contributed by atoms with Crippen molar-refractivity contribution in [3.05, 3.63) is 66.0 Å². The van der Waals surface area contributed by atoms with E-state index >= 15 is 0 Å². The third-order valence-corrected chi connectivity index (χ3v) is 6.68. The Bertz CT molecular complexity index is 977. The molecule has 0 radical (unpaired) electrons. The molecule has 0 nitrogen and oxygen atoms in total. The molecule has 0 aliphatic heterocycles. The predicted octanol–water partition coefficient (Wildman–Crippen LogP) is 7.14. The van der Waals surface area contributed by atoms with Crippen LogP contribution in [0.4, 0.5) is 0 Å². The van der Waals surface area contributed by atoms with E-state index in [0.29, 0.717) is 0 Å². The van der Waals surface area contributed by atoms with Crippen LogP contribution in [-0.2, 0) is 12.8 Å². The number of halogens is 1. The van der Waals surface area contributed by atoms with Gasteiger partial charge in [-0.25, -0.2) is 0 Å². The summed E-state index contributed by atoms with van der Waals surface area (Å²) in [4.78, 5) is 0. The average molecular weight is 466 g/mol. The van der Waals surface area contributed by atoms with Gasteiger partial charge in [-0.3, -0.25) is 0 Å². The van der Waals surface area contributed by atoms with Gasteiger partial charge in [0.2, 0.25) is 0 Å². The predicted molar refractivity (Wildman–Crippen MR) is 134 cm³/mol. The molecule has 2 aromatic carbocycles. The molecule has 0 spiro atoms. The van der Waals surface area contributed by atoms with Crippen LogP contribution in [0.1, 0.15) is 94.7 Å². The van der Waals surface area contributed by atoms with Crippen LogP contribution in [0.3, 0.4) is 0 Å². The number of aryl methyl sites for hydroxylation is 1. The summed E-state index contributed by atoms with van der Waals surface area (Å²) in [6.07, 6.45) is 18.6. The van der Waals surface area contributed by atoms with Crippen molar-refractivity contribution in [2.45, 2.75) is 90.9 Å². The summed E-state index contributed by atoms with van der Waals surface area (Å²) < 4.78 is 1.39. The molecule has 2 heteroatoms. The molecule has 0 bridgehead atoms. The van der Waals surface area contributed by atoms with Crippen molar-refractivity contribution in [2.75, 3.05) is 0 Å². The Balaban J connectivity index is 0.00000300. The van der Waals surface area contributed by atoms with Gasteiger partial charge in [0.25, 0.3) is 0 Å². The molecule has 0 amide bonds. The molecule has 0 atom stereocenters. The van der Waals surface area contributed by atoms with Crippen molar-refractivity contribution in [2.24, 2.45) is 0 Å². The molecule has 1 aliphatic carbocycles. The van der Waals surface area contributed by atoms with E-state index in [9.17, 15) is 0 Å². The van der Waals surface area contributed by atoms with Crippen molar-refractivity contribution in [3.8, 4) is 0 Å². The first-order valence-corrected chi connectivity index (χ1v) is 12.4. The van der Waals surface area contributed by atoms with Crippen LogP contribution in [-0.4, -0.2) is 21.2 Å². The summed E-state index contributed by atoms with van der Waals surface area (Å²) in [6.45, 7) is 4.60. The summed E-state index contributed by atoms with van der Waals surface area (Å²) in [7, 11) is 0. The quantitative estimate of drug-likeness (QED) is 0.197. The summed E-state index contributed by atoms with van der Waals surface area (Å²) in [5.41, 5.74) is 4.70. The molecule has 29 heavy (non-hydrogen) atoms. The van der Waals surface area contributed by atoms with Gasteiger partial charge >= 0.3 is 164 Å². The van der Waals surface area contributed by atoms with Crippen LogP contribution < -0.4 is 5.22 Å². The van der Waals surface area contributed by atoms with E-state index in [1.807, 2.05) is 21.2 Å². The van der Waals surface area contributed by atoms with Crippen LogP contribution in [0, 0.1) is 13.7 Å². The van der Waals surface area contributed by atoms with Gasteiger partial charge in [0.1, 0.15) is 0 Å². The first-order chi connectivity index (χ1) is 13.7. The summed E-state index contributed by atoms with van der Waals surface area (Å²) in [6, 6.07) is 11.8. The minimum absolute atomic E-state index is 0. The zero-order chi connectivity index (χ0) is 19.8. The van der Waals surface area contributed by atoms with E-state index in [4.69, 9.17) is 0 Å². The second-order valence-corrected chi connectivity index (χ2v) is 9.38. The fourth-order valence-electron chi connectivity index (χ4n) is 4.60. The molecule has 154 valence electrons. The van der Waals surface area contributed by atoms with Gasteiger partial charge < -0.3 is 0 Å². The Morgan fingerprint density at radius 3 is 2.00 bits per heavy atom. The molecule has 2 aromatic rings. The third-order valence-electron chi connectivity index (χ3n) is 6.24. The van der Waals surface area contributed by atoms with Crippen molar-refractivity contribution < 1.29 is 0 Å². The van der Waals surface area contributed by atoms with Gasteiger partial charge in [-0.1, -0.05) is 20.3 Å². The van der Waals surface area contributed by atoms with Crippen LogP contribution in [0.2, 0.25) is 0 Å². The number of hydrogen-bond donors (Lipinski definition) is 0. The van der Waals surface area contributed by atoms with Gasteiger partial charge in [0, 0.05) is 0 Å². The Kier molecular flexibility index (Phi) is 11.2. The number of hydrogen-bond acceptors (Lipinski definition) is 0.